The molecule has 0 aliphatic heterocycles. The average Bonchev–Trinajstić information content (AvgIpc) is 1.90. The van der Waals surface area contributed by atoms with Crippen molar-refractivity contribution in [3.05, 3.63) is 24.3 Å². The Morgan fingerprint density at radius 2 is 1.20 bits per heavy atom. The average molecular weight is 134 g/mol. The smallest absolute Gasteiger partial charge is 0.0347 e. The number of allylic oxidation sites excluding steroid dienone is 4. The fourth-order valence-electron chi connectivity index (χ4n) is 0.874. The maximum Gasteiger partial charge on any atom is -0.0347 e. The van der Waals surface area contributed by atoms with Gasteiger partial charge >= 0.3 is 0 Å². The molecule has 10 heavy (non-hydrogen) atoms. The Labute approximate surface area is 63.6 Å². The van der Waals surface area contributed by atoms with Crippen molar-refractivity contribution in [2.45, 2.75) is 25.7 Å². The van der Waals surface area contributed by atoms with Crippen molar-refractivity contribution in [3.63, 3.8) is 0 Å². The minimum Gasteiger partial charge on any atom is -0.124 e. The van der Waals surface area contributed by atoms with Gasteiger partial charge in [-0.15, -0.1) is 12.8 Å². The molecule has 1 aliphatic rings. The van der Waals surface area contributed by atoms with Gasteiger partial charge in [-0.3, -0.25) is 0 Å². The molecule has 0 spiro atoms. The number of terminal acetylenes is 1. The van der Waals surface area contributed by atoms with Gasteiger partial charge in [-0.25, -0.2) is 0 Å². The molecular formula is C10H14. The molecule has 0 nitrogen and oxygen atoms in total. The fraction of sp³-hybridized carbons (Fsp3) is 0.400. The minimum absolute atomic E-state index is 1.27. The fourth-order valence-corrected chi connectivity index (χ4v) is 0.874. The molecule has 0 saturated heterocycles. The Morgan fingerprint density at radius 3 is 1.60 bits per heavy atom. The van der Waals surface area contributed by atoms with Gasteiger partial charge in [0.2, 0.25) is 0 Å². The third-order valence-corrected chi connectivity index (χ3v) is 1.37. The number of hydrogen-bond acceptors (Lipinski definition) is 0. The summed E-state index contributed by atoms with van der Waals surface area (Å²) in [5.41, 5.74) is 0. The van der Waals surface area contributed by atoms with E-state index in [2.05, 4.69) is 37.2 Å². The van der Waals surface area contributed by atoms with Crippen LogP contribution in [0.15, 0.2) is 24.3 Å². The summed E-state index contributed by atoms with van der Waals surface area (Å²) in [5.74, 6) is 0. The summed E-state index contributed by atoms with van der Waals surface area (Å²) in [7, 11) is 0. The first kappa shape index (κ1) is 9.04. The minimum atomic E-state index is 1.27. The maximum atomic E-state index is 4.00. The molecule has 0 fully saturated rings. The van der Waals surface area contributed by atoms with Crippen LogP contribution in [0.3, 0.4) is 0 Å². The Morgan fingerprint density at radius 1 is 0.800 bits per heavy atom. The quantitative estimate of drug-likeness (QED) is 0.447. The zero-order valence-corrected chi connectivity index (χ0v) is 6.29. The predicted molar refractivity (Wildman–Crippen MR) is 46.6 cm³/mol. The van der Waals surface area contributed by atoms with Crippen LogP contribution in [0.5, 0.6) is 0 Å². The van der Waals surface area contributed by atoms with E-state index in [1.807, 2.05) is 0 Å². The van der Waals surface area contributed by atoms with E-state index in [0.29, 0.717) is 0 Å². The van der Waals surface area contributed by atoms with Gasteiger partial charge in [0.25, 0.3) is 0 Å². The Balaban J connectivity index is 0.000000371. The molecule has 0 aromatic carbocycles. The lowest BCUT2D eigenvalue weighted by molar-refractivity contribution is 0.758. The van der Waals surface area contributed by atoms with Gasteiger partial charge < -0.3 is 0 Å². The molecule has 0 unspecified atom stereocenters. The van der Waals surface area contributed by atoms with E-state index in [1.165, 1.54) is 25.7 Å². The summed E-state index contributed by atoms with van der Waals surface area (Å²) < 4.78 is 0. The van der Waals surface area contributed by atoms with Gasteiger partial charge in [-0.2, -0.15) is 0 Å². The van der Waals surface area contributed by atoms with Gasteiger partial charge in [-0.05, 0) is 25.7 Å². The second-order valence-corrected chi connectivity index (χ2v) is 2.14. The predicted octanol–water partition coefficient (Wildman–Crippen LogP) is 2.92. The monoisotopic (exact) mass is 134 g/mol. The summed E-state index contributed by atoms with van der Waals surface area (Å²) in [4.78, 5) is 0. The summed E-state index contributed by atoms with van der Waals surface area (Å²) in [6.45, 7) is 0. The SMILES string of the molecule is C#C.C1=CCCCCC=C1. The van der Waals surface area contributed by atoms with Crippen LogP contribution in [-0.4, -0.2) is 0 Å². The number of rotatable bonds is 0. The van der Waals surface area contributed by atoms with Crippen molar-refractivity contribution in [1.82, 2.24) is 0 Å². The van der Waals surface area contributed by atoms with Crippen LogP contribution in [0, 0.1) is 12.8 Å². The highest BCUT2D eigenvalue weighted by atomic mass is 13.9. The van der Waals surface area contributed by atoms with Gasteiger partial charge in [-0.1, -0.05) is 24.3 Å². The van der Waals surface area contributed by atoms with E-state index in [-0.39, 0.29) is 0 Å². The molecule has 0 N–H and O–H groups in total. The van der Waals surface area contributed by atoms with Crippen LogP contribution in [0.4, 0.5) is 0 Å². The van der Waals surface area contributed by atoms with Crippen LogP contribution in [0.25, 0.3) is 0 Å². The lowest BCUT2D eigenvalue weighted by Gasteiger charge is -1.94. The maximum absolute atomic E-state index is 4.00. The molecule has 0 saturated carbocycles. The molecule has 0 aromatic rings. The van der Waals surface area contributed by atoms with Crippen molar-refractivity contribution < 1.29 is 0 Å². The van der Waals surface area contributed by atoms with Gasteiger partial charge in [0, 0.05) is 0 Å². The summed E-state index contributed by atoms with van der Waals surface area (Å²) in [6.07, 6.45) is 22.0. The molecule has 0 amide bonds. The lowest BCUT2D eigenvalue weighted by atomic mass is 10.1. The molecule has 0 aromatic heterocycles. The molecule has 54 valence electrons. The van der Waals surface area contributed by atoms with Crippen LogP contribution in [0.2, 0.25) is 0 Å². The third-order valence-electron chi connectivity index (χ3n) is 1.37. The largest absolute Gasteiger partial charge is 0.124 e. The molecule has 0 atom stereocenters. The second-order valence-electron chi connectivity index (χ2n) is 2.14. The Hall–Kier alpha value is -0.960. The molecule has 0 heterocycles. The van der Waals surface area contributed by atoms with E-state index >= 15 is 0 Å². The second kappa shape index (κ2) is 8.04. The summed E-state index contributed by atoms with van der Waals surface area (Å²) >= 11 is 0. The van der Waals surface area contributed by atoms with Crippen LogP contribution in [-0.2, 0) is 0 Å². The van der Waals surface area contributed by atoms with E-state index < -0.39 is 0 Å². The van der Waals surface area contributed by atoms with E-state index in [4.69, 9.17) is 0 Å². The first-order valence-electron chi connectivity index (χ1n) is 3.65. The number of hydrogen-bond donors (Lipinski definition) is 0. The van der Waals surface area contributed by atoms with Crippen molar-refractivity contribution >= 4 is 0 Å². The van der Waals surface area contributed by atoms with Gasteiger partial charge in [0.1, 0.15) is 0 Å². The zero-order chi connectivity index (χ0) is 7.66. The normalized spacial score (nSPS) is 16.2. The summed E-state index contributed by atoms with van der Waals surface area (Å²) in [6, 6.07) is 0. The molecule has 1 aliphatic carbocycles. The highest BCUT2D eigenvalue weighted by Gasteiger charge is 1.84. The van der Waals surface area contributed by atoms with Gasteiger partial charge in [0.05, 0.1) is 0 Å². The highest BCUT2D eigenvalue weighted by Crippen LogP contribution is 2.04. The van der Waals surface area contributed by atoms with Crippen LogP contribution in [0.1, 0.15) is 25.7 Å². The van der Waals surface area contributed by atoms with Crippen molar-refractivity contribution in [2.75, 3.05) is 0 Å². The molecule has 0 bridgehead atoms. The van der Waals surface area contributed by atoms with E-state index in [1.54, 1.807) is 0 Å². The third kappa shape index (κ3) is 5.18. The van der Waals surface area contributed by atoms with Crippen molar-refractivity contribution in [1.29, 1.82) is 0 Å². The van der Waals surface area contributed by atoms with E-state index in [0.717, 1.165) is 0 Å². The molecule has 0 heteroatoms. The molecule has 1 rings (SSSR count). The topological polar surface area (TPSA) is 0 Å². The standard InChI is InChI=1S/C8H12.C2H2/c1-2-4-6-8-7-5-3-1;1-2/h1-4H,5-8H2;1-2H. The highest BCUT2D eigenvalue weighted by molar-refractivity contribution is 5.03. The molecule has 0 radical (unpaired) electrons. The Bertz CT molecular complexity index is 112. The molecular weight excluding hydrogens is 120 g/mol. The van der Waals surface area contributed by atoms with Crippen LogP contribution < -0.4 is 0 Å². The van der Waals surface area contributed by atoms with Gasteiger partial charge in [0.15, 0.2) is 0 Å². The van der Waals surface area contributed by atoms with E-state index in [9.17, 15) is 0 Å². The van der Waals surface area contributed by atoms with Crippen LogP contribution >= 0.6 is 0 Å². The van der Waals surface area contributed by atoms with Crippen molar-refractivity contribution in [2.24, 2.45) is 0 Å². The summed E-state index contributed by atoms with van der Waals surface area (Å²) in [5, 5.41) is 0. The van der Waals surface area contributed by atoms with Crippen molar-refractivity contribution in [3.8, 4) is 12.8 Å². The first-order valence-corrected chi connectivity index (χ1v) is 3.65. The Kier molecular flexibility index (Phi) is 7.27. The lowest BCUT2D eigenvalue weighted by Crippen LogP contribution is -1.74. The zero-order valence-electron chi connectivity index (χ0n) is 6.29. The first-order chi connectivity index (χ1) is 5.00.